The van der Waals surface area contributed by atoms with Crippen LogP contribution in [0.25, 0.3) is 0 Å². The van der Waals surface area contributed by atoms with Gasteiger partial charge in [-0.25, -0.2) is 4.79 Å². The minimum absolute atomic E-state index is 0.0852. The Kier molecular flexibility index (Phi) is 6.15. The third kappa shape index (κ3) is 4.49. The molecule has 27 heavy (non-hydrogen) atoms. The van der Waals surface area contributed by atoms with Gasteiger partial charge >= 0.3 is 6.09 Å². The number of carboxylic acid groups (broad SMARTS) is 1. The fourth-order valence-electron chi connectivity index (χ4n) is 4.31. The van der Waals surface area contributed by atoms with Gasteiger partial charge in [-0.3, -0.25) is 4.79 Å². The molecule has 0 aliphatic carbocycles. The highest BCUT2D eigenvalue weighted by Gasteiger charge is 2.31. The molecule has 1 N–H and O–H groups in total. The molecule has 0 atom stereocenters. The van der Waals surface area contributed by atoms with Gasteiger partial charge in [-0.2, -0.15) is 0 Å². The molecule has 0 radical (unpaired) electrons. The first-order valence-electron chi connectivity index (χ1n) is 9.61. The lowest BCUT2D eigenvalue weighted by molar-refractivity contribution is 0.0827. The van der Waals surface area contributed by atoms with Crippen LogP contribution >= 0.6 is 11.6 Å². The molecule has 2 saturated heterocycles. The van der Waals surface area contributed by atoms with Crippen LogP contribution in [-0.4, -0.2) is 67.2 Å². The summed E-state index contributed by atoms with van der Waals surface area (Å²) in [6, 6.07) is 5.69. The van der Waals surface area contributed by atoms with Gasteiger partial charge in [0.1, 0.15) is 0 Å². The lowest BCUT2D eigenvalue weighted by atomic mass is 9.79. The van der Waals surface area contributed by atoms with Crippen LogP contribution in [0.15, 0.2) is 18.2 Å². The number of carbonyl (C=O) groups is 2. The molecule has 0 spiro atoms. The molecule has 2 aliphatic heterocycles. The van der Waals surface area contributed by atoms with Crippen LogP contribution in [0.4, 0.5) is 10.5 Å². The van der Waals surface area contributed by atoms with E-state index in [4.69, 9.17) is 16.7 Å². The zero-order valence-electron chi connectivity index (χ0n) is 16.0. The van der Waals surface area contributed by atoms with Crippen LogP contribution in [0.2, 0.25) is 5.02 Å². The molecule has 2 fully saturated rings. The normalized spacial score (nSPS) is 19.2. The first-order valence-corrected chi connectivity index (χ1v) is 9.98. The summed E-state index contributed by atoms with van der Waals surface area (Å²) in [7, 11) is 3.44. The Balaban J connectivity index is 1.56. The molecule has 3 rings (SSSR count). The van der Waals surface area contributed by atoms with Gasteiger partial charge in [0, 0.05) is 46.0 Å². The number of carbonyl (C=O) groups excluding carboxylic acids is 1. The molecule has 148 valence electrons. The molecular weight excluding hydrogens is 366 g/mol. The van der Waals surface area contributed by atoms with Crippen molar-refractivity contribution in [3.63, 3.8) is 0 Å². The number of rotatable bonds is 3. The minimum atomic E-state index is -0.795. The summed E-state index contributed by atoms with van der Waals surface area (Å²) in [5.74, 6) is 1.21. The molecule has 6 nitrogen and oxygen atoms in total. The second-order valence-corrected chi connectivity index (χ2v) is 8.20. The number of hydrogen-bond acceptors (Lipinski definition) is 3. The molecule has 2 amide bonds. The van der Waals surface area contributed by atoms with Crippen molar-refractivity contribution in [1.29, 1.82) is 0 Å². The summed E-state index contributed by atoms with van der Waals surface area (Å²) in [5, 5.41) is 9.58. The molecule has 0 bridgehead atoms. The maximum atomic E-state index is 12.1. The Morgan fingerprint density at radius 1 is 1.04 bits per heavy atom. The first-order chi connectivity index (χ1) is 12.9. The van der Waals surface area contributed by atoms with Gasteiger partial charge in [0.05, 0.1) is 10.6 Å². The minimum Gasteiger partial charge on any atom is -0.465 e. The van der Waals surface area contributed by atoms with Crippen molar-refractivity contribution in [3.8, 4) is 0 Å². The van der Waals surface area contributed by atoms with Crippen LogP contribution in [0.1, 0.15) is 36.0 Å². The van der Waals surface area contributed by atoms with E-state index < -0.39 is 6.09 Å². The van der Waals surface area contributed by atoms with Crippen LogP contribution in [0.3, 0.4) is 0 Å². The first kappa shape index (κ1) is 19.8. The second kappa shape index (κ2) is 8.38. The number of piperidine rings is 2. The van der Waals surface area contributed by atoms with Crippen molar-refractivity contribution in [2.45, 2.75) is 25.7 Å². The van der Waals surface area contributed by atoms with Gasteiger partial charge in [-0.1, -0.05) is 11.6 Å². The number of anilines is 1. The van der Waals surface area contributed by atoms with E-state index in [1.54, 1.807) is 14.1 Å². The fourth-order valence-corrected chi connectivity index (χ4v) is 4.56. The second-order valence-electron chi connectivity index (χ2n) is 7.80. The van der Waals surface area contributed by atoms with Crippen LogP contribution in [0.5, 0.6) is 0 Å². The zero-order valence-corrected chi connectivity index (χ0v) is 16.8. The number of hydrogen-bond donors (Lipinski definition) is 1. The zero-order chi connectivity index (χ0) is 19.6. The number of amides is 2. The van der Waals surface area contributed by atoms with Crippen LogP contribution in [0, 0.1) is 11.8 Å². The summed E-state index contributed by atoms with van der Waals surface area (Å²) in [4.78, 5) is 28.6. The fraction of sp³-hybridized carbons (Fsp3) is 0.600. The highest BCUT2D eigenvalue weighted by Crippen LogP contribution is 2.34. The Hall–Kier alpha value is -1.95. The largest absolute Gasteiger partial charge is 0.465 e. The Morgan fingerprint density at radius 2 is 1.59 bits per heavy atom. The predicted octanol–water partition coefficient (Wildman–Crippen LogP) is 3.65. The summed E-state index contributed by atoms with van der Waals surface area (Å²) in [6.07, 6.45) is 3.40. The average Bonchev–Trinajstić information content (AvgIpc) is 2.67. The highest BCUT2D eigenvalue weighted by molar-refractivity contribution is 6.34. The van der Waals surface area contributed by atoms with Gasteiger partial charge in [0.2, 0.25) is 0 Å². The van der Waals surface area contributed by atoms with Crippen LogP contribution in [-0.2, 0) is 0 Å². The molecule has 7 heteroatoms. The van der Waals surface area contributed by atoms with Crippen molar-refractivity contribution in [2.75, 3.05) is 45.2 Å². The summed E-state index contributed by atoms with van der Waals surface area (Å²) in [5.41, 5.74) is 1.60. The standard InChI is InChI=1S/C20H28ClN3O3/c1-22(2)19(25)17-4-3-16(13-18(17)21)23-9-5-14(6-10-23)15-7-11-24(12-8-15)20(26)27/h3-4,13-15H,5-12H2,1-2H3,(H,26,27). The molecule has 0 saturated carbocycles. The third-order valence-corrected chi connectivity index (χ3v) is 6.28. The molecule has 0 aromatic heterocycles. The van der Waals surface area contributed by atoms with Gasteiger partial charge in [-0.05, 0) is 55.7 Å². The monoisotopic (exact) mass is 393 g/mol. The van der Waals surface area contributed by atoms with Gasteiger partial charge in [0.25, 0.3) is 5.91 Å². The SMILES string of the molecule is CN(C)C(=O)c1ccc(N2CCC(C3CCN(C(=O)O)CC3)CC2)cc1Cl. The smallest absolute Gasteiger partial charge is 0.407 e. The third-order valence-electron chi connectivity index (χ3n) is 5.97. The summed E-state index contributed by atoms with van der Waals surface area (Å²) < 4.78 is 0. The summed E-state index contributed by atoms with van der Waals surface area (Å²) >= 11 is 6.35. The molecule has 0 unspecified atom stereocenters. The lowest BCUT2D eigenvalue weighted by Crippen LogP contribution is -2.42. The summed E-state index contributed by atoms with van der Waals surface area (Å²) in [6.45, 7) is 3.27. The Morgan fingerprint density at radius 3 is 2.07 bits per heavy atom. The number of halogens is 1. The van der Waals surface area contributed by atoms with Gasteiger partial charge in [0.15, 0.2) is 0 Å². The molecule has 2 heterocycles. The van der Waals surface area contributed by atoms with E-state index in [0.717, 1.165) is 44.5 Å². The van der Waals surface area contributed by atoms with Gasteiger partial charge < -0.3 is 19.8 Å². The maximum absolute atomic E-state index is 12.1. The van der Waals surface area contributed by atoms with Crippen molar-refractivity contribution in [2.24, 2.45) is 11.8 Å². The maximum Gasteiger partial charge on any atom is 0.407 e. The van der Waals surface area contributed by atoms with E-state index in [-0.39, 0.29) is 5.91 Å². The number of nitrogens with zero attached hydrogens (tertiary/aromatic N) is 3. The topological polar surface area (TPSA) is 64.1 Å². The molecular formula is C20H28ClN3O3. The Bertz CT molecular complexity index is 694. The van der Waals surface area contributed by atoms with E-state index in [1.165, 1.54) is 9.80 Å². The van der Waals surface area contributed by atoms with E-state index in [9.17, 15) is 9.59 Å². The van der Waals surface area contributed by atoms with Crippen molar-refractivity contribution in [1.82, 2.24) is 9.80 Å². The average molecular weight is 394 g/mol. The Labute approximate surface area is 165 Å². The van der Waals surface area contributed by atoms with Gasteiger partial charge in [-0.15, -0.1) is 0 Å². The van der Waals surface area contributed by atoms with Crippen LogP contribution < -0.4 is 4.90 Å². The number of likely N-dealkylation sites (tertiary alicyclic amines) is 1. The van der Waals surface area contributed by atoms with Crippen molar-refractivity contribution in [3.05, 3.63) is 28.8 Å². The molecule has 1 aromatic carbocycles. The molecule has 1 aromatic rings. The number of benzene rings is 1. The van der Waals surface area contributed by atoms with E-state index in [0.29, 0.717) is 35.5 Å². The van der Waals surface area contributed by atoms with Crippen molar-refractivity contribution >= 4 is 29.3 Å². The lowest BCUT2D eigenvalue weighted by Gasteiger charge is -2.40. The van der Waals surface area contributed by atoms with E-state index in [2.05, 4.69) is 4.90 Å². The quantitative estimate of drug-likeness (QED) is 0.851. The highest BCUT2D eigenvalue weighted by atomic mass is 35.5. The predicted molar refractivity (Wildman–Crippen MR) is 107 cm³/mol. The van der Waals surface area contributed by atoms with Crippen molar-refractivity contribution < 1.29 is 14.7 Å². The van der Waals surface area contributed by atoms with E-state index >= 15 is 0 Å². The molecule has 2 aliphatic rings. The van der Waals surface area contributed by atoms with E-state index in [1.807, 2.05) is 18.2 Å².